The van der Waals surface area contributed by atoms with Gasteiger partial charge in [0.15, 0.2) is 5.78 Å². The summed E-state index contributed by atoms with van der Waals surface area (Å²) in [5, 5.41) is 9.46. The number of pyridine rings is 1. The van der Waals surface area contributed by atoms with Gasteiger partial charge in [0, 0.05) is 29.3 Å². The van der Waals surface area contributed by atoms with Crippen molar-refractivity contribution in [3.05, 3.63) is 137 Å². The molecule has 0 amide bonds. The van der Waals surface area contributed by atoms with E-state index in [2.05, 4.69) is 4.98 Å². The van der Waals surface area contributed by atoms with Gasteiger partial charge in [0.25, 0.3) is 0 Å². The van der Waals surface area contributed by atoms with E-state index in [1.807, 2.05) is 30.3 Å². The second-order valence-electron chi connectivity index (χ2n) is 9.09. The molecule has 0 spiro atoms. The predicted molar refractivity (Wildman–Crippen MR) is 150 cm³/mol. The van der Waals surface area contributed by atoms with E-state index in [0.717, 1.165) is 11.6 Å². The number of hydrogen-bond acceptors (Lipinski definition) is 5. The van der Waals surface area contributed by atoms with E-state index in [1.54, 1.807) is 49.4 Å². The Morgan fingerprint density at radius 1 is 0.900 bits per heavy atom. The second kappa shape index (κ2) is 11.6. The largest absolute Gasteiger partial charge is 0.489 e. The number of rotatable bonds is 9. The Hall–Kier alpha value is -5.30. The van der Waals surface area contributed by atoms with E-state index in [1.165, 1.54) is 30.5 Å². The summed E-state index contributed by atoms with van der Waals surface area (Å²) in [6.07, 6.45) is 3.97. The summed E-state index contributed by atoms with van der Waals surface area (Å²) in [5.74, 6) is -0.487. The maximum Gasteiger partial charge on any atom is 0.328 e. The molecule has 0 bridgehead atoms. The zero-order chi connectivity index (χ0) is 28.1. The molecule has 5 rings (SSSR count). The van der Waals surface area contributed by atoms with Gasteiger partial charge in [-0.25, -0.2) is 9.18 Å². The van der Waals surface area contributed by atoms with Gasteiger partial charge in [0.1, 0.15) is 29.7 Å². The van der Waals surface area contributed by atoms with Gasteiger partial charge in [0.05, 0.1) is 11.1 Å². The highest BCUT2D eigenvalue weighted by Gasteiger charge is 2.21. The number of carboxylic acids is 1. The lowest BCUT2D eigenvalue weighted by Gasteiger charge is -2.15. The number of benzene rings is 4. The summed E-state index contributed by atoms with van der Waals surface area (Å²) in [7, 11) is 0. The van der Waals surface area contributed by atoms with Crippen LogP contribution in [0.5, 0.6) is 17.2 Å². The molecule has 5 aromatic rings. The van der Waals surface area contributed by atoms with Crippen LogP contribution in [0, 0.1) is 12.7 Å². The molecule has 6 nitrogen and oxygen atoms in total. The van der Waals surface area contributed by atoms with Crippen molar-refractivity contribution in [3.8, 4) is 17.2 Å². The van der Waals surface area contributed by atoms with Crippen LogP contribution < -0.4 is 9.47 Å². The number of ether oxygens (including phenoxy) is 2. The molecule has 4 aromatic carbocycles. The van der Waals surface area contributed by atoms with Crippen molar-refractivity contribution in [1.29, 1.82) is 0 Å². The molecule has 0 saturated heterocycles. The van der Waals surface area contributed by atoms with E-state index in [4.69, 9.17) is 14.6 Å². The summed E-state index contributed by atoms with van der Waals surface area (Å²) >= 11 is 0. The summed E-state index contributed by atoms with van der Waals surface area (Å²) in [6, 6.07) is 25.9. The van der Waals surface area contributed by atoms with Crippen molar-refractivity contribution in [1.82, 2.24) is 4.98 Å². The third-order valence-corrected chi connectivity index (χ3v) is 6.24. The fourth-order valence-electron chi connectivity index (χ4n) is 4.21. The zero-order valence-corrected chi connectivity index (χ0v) is 21.5. The highest BCUT2D eigenvalue weighted by Crippen LogP contribution is 2.36. The lowest BCUT2D eigenvalue weighted by Crippen LogP contribution is -2.07. The molecule has 0 atom stereocenters. The summed E-state index contributed by atoms with van der Waals surface area (Å²) in [6.45, 7) is 2.06. The highest BCUT2D eigenvalue weighted by atomic mass is 19.1. The Balaban J connectivity index is 1.53. The molecule has 0 aliphatic heterocycles. The molecule has 198 valence electrons. The van der Waals surface area contributed by atoms with Gasteiger partial charge in [-0.05, 0) is 72.2 Å². The Bertz CT molecular complexity index is 1730. The van der Waals surface area contributed by atoms with E-state index in [0.29, 0.717) is 51.4 Å². The number of carbonyl (C=O) groups is 2. The first-order valence-corrected chi connectivity index (χ1v) is 12.5. The highest BCUT2D eigenvalue weighted by molar-refractivity contribution is 6.13. The number of aromatic nitrogens is 1. The van der Waals surface area contributed by atoms with Gasteiger partial charge in [-0.2, -0.15) is 0 Å². The summed E-state index contributed by atoms with van der Waals surface area (Å²) in [4.78, 5) is 29.0. The first-order chi connectivity index (χ1) is 19.4. The van der Waals surface area contributed by atoms with Gasteiger partial charge in [-0.1, -0.05) is 42.5 Å². The van der Waals surface area contributed by atoms with Crippen molar-refractivity contribution in [2.45, 2.75) is 13.5 Å². The van der Waals surface area contributed by atoms with E-state index in [-0.39, 0.29) is 11.3 Å². The summed E-state index contributed by atoms with van der Waals surface area (Å²) in [5.41, 5.74) is 3.31. The van der Waals surface area contributed by atoms with Crippen LogP contribution in [0.1, 0.15) is 32.6 Å². The van der Waals surface area contributed by atoms with E-state index >= 15 is 0 Å². The number of carbonyl (C=O) groups excluding carboxylic acids is 1. The van der Waals surface area contributed by atoms with Crippen molar-refractivity contribution < 1.29 is 28.6 Å². The first kappa shape index (κ1) is 26.3. The van der Waals surface area contributed by atoms with Crippen molar-refractivity contribution in [2.75, 3.05) is 0 Å². The Morgan fingerprint density at radius 2 is 1.65 bits per heavy atom. The molecule has 0 aliphatic rings. The van der Waals surface area contributed by atoms with Crippen LogP contribution in [0.25, 0.3) is 17.0 Å². The molecule has 1 heterocycles. The van der Waals surface area contributed by atoms with Crippen LogP contribution in [-0.2, 0) is 11.4 Å². The fraction of sp³-hybridized carbons (Fsp3) is 0.0606. The van der Waals surface area contributed by atoms with Crippen LogP contribution in [0.3, 0.4) is 0 Å². The quantitative estimate of drug-likeness (QED) is 0.157. The van der Waals surface area contributed by atoms with Gasteiger partial charge < -0.3 is 14.6 Å². The number of carboxylic acid groups (broad SMARTS) is 1. The van der Waals surface area contributed by atoms with E-state index < -0.39 is 11.8 Å². The van der Waals surface area contributed by atoms with Crippen molar-refractivity contribution in [3.63, 3.8) is 0 Å². The zero-order valence-electron chi connectivity index (χ0n) is 21.5. The molecule has 0 saturated carbocycles. The van der Waals surface area contributed by atoms with Gasteiger partial charge in [-0.15, -0.1) is 0 Å². The number of nitrogens with zero attached hydrogens (tertiary/aromatic N) is 1. The average Bonchev–Trinajstić information content (AvgIpc) is 2.96. The van der Waals surface area contributed by atoms with Gasteiger partial charge in [0.2, 0.25) is 0 Å². The summed E-state index contributed by atoms with van der Waals surface area (Å²) < 4.78 is 25.9. The van der Waals surface area contributed by atoms with Gasteiger partial charge in [-0.3, -0.25) is 9.78 Å². The van der Waals surface area contributed by atoms with Crippen molar-refractivity contribution >= 4 is 28.7 Å². The molecule has 1 aromatic heterocycles. The third kappa shape index (κ3) is 6.05. The van der Waals surface area contributed by atoms with Gasteiger partial charge >= 0.3 is 5.97 Å². The molecule has 40 heavy (non-hydrogen) atoms. The lowest BCUT2D eigenvalue weighted by molar-refractivity contribution is -0.131. The number of aryl methyl sites for hydroxylation is 1. The third-order valence-electron chi connectivity index (χ3n) is 6.24. The fourth-order valence-corrected chi connectivity index (χ4v) is 4.21. The maximum atomic E-state index is 13.7. The minimum Gasteiger partial charge on any atom is -0.489 e. The van der Waals surface area contributed by atoms with Crippen LogP contribution >= 0.6 is 0 Å². The van der Waals surface area contributed by atoms with Crippen LogP contribution in [0.2, 0.25) is 0 Å². The molecule has 7 heteroatoms. The SMILES string of the molecule is Cc1cc(F)ccc1C(=O)c1cnc2cc(OCc3ccccc3)ccc2c1Oc1ccc(/C=C/C(=O)O)cc1. The molecular formula is C33H24FNO5. The van der Waals surface area contributed by atoms with Crippen LogP contribution in [0.15, 0.2) is 103 Å². The number of fused-ring (bicyclic) bond motifs is 1. The molecule has 0 radical (unpaired) electrons. The first-order valence-electron chi connectivity index (χ1n) is 12.5. The Kier molecular flexibility index (Phi) is 7.64. The molecule has 0 fully saturated rings. The molecule has 0 unspecified atom stereocenters. The average molecular weight is 534 g/mol. The number of hydrogen-bond donors (Lipinski definition) is 1. The number of ketones is 1. The van der Waals surface area contributed by atoms with Crippen LogP contribution in [0.4, 0.5) is 4.39 Å². The Morgan fingerprint density at radius 3 is 2.38 bits per heavy atom. The monoisotopic (exact) mass is 533 g/mol. The number of halogens is 1. The standard InChI is InChI=1S/C33H24FNO5/c1-21-17-24(34)10-14-27(21)32(38)29-19-35-30-18-26(39-20-23-5-3-2-4-6-23)13-15-28(30)33(29)40-25-11-7-22(8-12-25)9-16-31(36)37/h2-19H,20H2,1H3,(H,36,37)/b16-9+. The number of aliphatic carboxylic acids is 1. The normalized spacial score (nSPS) is 11.1. The van der Waals surface area contributed by atoms with Crippen molar-refractivity contribution in [2.24, 2.45) is 0 Å². The molecule has 0 aliphatic carbocycles. The predicted octanol–water partition coefficient (Wildman–Crippen LogP) is 7.38. The molecule has 1 N–H and O–H groups in total. The Labute approximate surface area is 230 Å². The van der Waals surface area contributed by atoms with Crippen LogP contribution in [-0.4, -0.2) is 21.8 Å². The smallest absolute Gasteiger partial charge is 0.328 e. The maximum absolute atomic E-state index is 13.7. The second-order valence-corrected chi connectivity index (χ2v) is 9.09. The lowest BCUT2D eigenvalue weighted by atomic mass is 9.98. The topological polar surface area (TPSA) is 85.7 Å². The van der Waals surface area contributed by atoms with E-state index in [9.17, 15) is 14.0 Å². The minimum atomic E-state index is -1.05. The molecular weight excluding hydrogens is 509 g/mol. The minimum absolute atomic E-state index is 0.218.